The summed E-state index contributed by atoms with van der Waals surface area (Å²) in [6.45, 7) is 0. The van der Waals surface area contributed by atoms with Crippen LogP contribution >= 0.6 is 11.6 Å². The monoisotopic (exact) mass is 442 g/mol. The first-order chi connectivity index (χ1) is 15.6. The summed E-state index contributed by atoms with van der Waals surface area (Å²) in [5.41, 5.74) is 4.62. The number of hydrogen-bond acceptors (Lipinski definition) is 5. The normalized spacial score (nSPS) is 15.6. The van der Waals surface area contributed by atoms with Crippen molar-refractivity contribution in [2.75, 3.05) is 7.11 Å². The molecule has 32 heavy (non-hydrogen) atoms. The van der Waals surface area contributed by atoms with Gasteiger partial charge in [-0.2, -0.15) is 5.10 Å². The molecule has 6 nitrogen and oxygen atoms in total. The topological polar surface area (TPSA) is 67.7 Å². The van der Waals surface area contributed by atoms with Gasteiger partial charge in [-0.25, -0.2) is 5.01 Å². The number of ether oxygens (including phenoxy) is 1. The van der Waals surface area contributed by atoms with Crippen LogP contribution < -0.4 is 4.74 Å². The Kier molecular flexibility index (Phi) is 5.29. The van der Waals surface area contributed by atoms with Gasteiger partial charge in [0, 0.05) is 35.0 Å². The van der Waals surface area contributed by atoms with Crippen molar-refractivity contribution in [2.24, 2.45) is 5.10 Å². The standard InChI is InChI=1S/C25H19ClN4O2/c1-32-24-8-3-2-7-19(24)21-15-23(16-9-10-20-22(14-16)28-12-11-27-20)30(29-21)25(31)17-5-4-6-18(26)13-17/h2-14,23H,15H2,1H3/t23-/m1/s1. The molecule has 0 saturated heterocycles. The molecular formula is C25H19ClN4O2. The maximum Gasteiger partial charge on any atom is 0.274 e. The zero-order valence-electron chi connectivity index (χ0n) is 17.3. The number of fused-ring (bicyclic) bond motifs is 1. The highest BCUT2D eigenvalue weighted by Gasteiger charge is 2.34. The van der Waals surface area contributed by atoms with Gasteiger partial charge in [-0.15, -0.1) is 0 Å². The maximum absolute atomic E-state index is 13.5. The van der Waals surface area contributed by atoms with Crippen LogP contribution in [0.3, 0.4) is 0 Å². The Labute approximate surface area is 190 Å². The number of hydrogen-bond donors (Lipinski definition) is 0. The summed E-state index contributed by atoms with van der Waals surface area (Å²) in [7, 11) is 1.63. The number of carbonyl (C=O) groups is 1. The van der Waals surface area contributed by atoms with E-state index in [0.29, 0.717) is 22.8 Å². The van der Waals surface area contributed by atoms with Crippen LogP contribution in [0.5, 0.6) is 5.75 Å². The van der Waals surface area contributed by atoms with Crippen molar-refractivity contribution in [3.63, 3.8) is 0 Å². The molecule has 1 aliphatic rings. The highest BCUT2D eigenvalue weighted by Crippen LogP contribution is 2.36. The van der Waals surface area contributed by atoms with Gasteiger partial charge in [0.2, 0.25) is 0 Å². The SMILES string of the molecule is COc1ccccc1C1=NN(C(=O)c2cccc(Cl)c2)[C@@H](c2ccc3nccnc3c2)C1. The zero-order chi connectivity index (χ0) is 22.1. The summed E-state index contributed by atoms with van der Waals surface area (Å²) in [6.07, 6.45) is 3.86. The molecule has 158 valence electrons. The van der Waals surface area contributed by atoms with Crippen molar-refractivity contribution in [3.05, 3.63) is 101 Å². The highest BCUT2D eigenvalue weighted by molar-refractivity contribution is 6.31. The van der Waals surface area contributed by atoms with Crippen LogP contribution in [0.4, 0.5) is 0 Å². The number of halogens is 1. The van der Waals surface area contributed by atoms with Gasteiger partial charge in [0.05, 0.1) is 29.9 Å². The minimum absolute atomic E-state index is 0.221. The van der Waals surface area contributed by atoms with Crippen molar-refractivity contribution >= 4 is 34.3 Å². The lowest BCUT2D eigenvalue weighted by atomic mass is 9.97. The second kappa shape index (κ2) is 8.40. The Bertz CT molecular complexity index is 1350. The first-order valence-corrected chi connectivity index (χ1v) is 10.5. The molecule has 1 aliphatic heterocycles. The molecule has 0 radical (unpaired) electrons. The van der Waals surface area contributed by atoms with Crippen LogP contribution in [0.2, 0.25) is 5.02 Å². The molecule has 0 bridgehead atoms. The van der Waals surface area contributed by atoms with E-state index in [1.54, 1.807) is 43.8 Å². The van der Waals surface area contributed by atoms with E-state index in [1.807, 2.05) is 42.5 Å². The minimum atomic E-state index is -0.298. The Hall–Kier alpha value is -3.77. The first kappa shape index (κ1) is 20.2. The van der Waals surface area contributed by atoms with E-state index in [-0.39, 0.29) is 11.9 Å². The van der Waals surface area contributed by atoms with Crippen LogP contribution in [0.25, 0.3) is 11.0 Å². The molecule has 1 aromatic heterocycles. The molecule has 3 aromatic carbocycles. The van der Waals surface area contributed by atoms with E-state index in [4.69, 9.17) is 21.4 Å². The maximum atomic E-state index is 13.5. The van der Waals surface area contributed by atoms with Gasteiger partial charge in [-0.1, -0.05) is 35.9 Å². The Morgan fingerprint density at radius 2 is 1.81 bits per heavy atom. The van der Waals surface area contributed by atoms with Gasteiger partial charge in [-0.05, 0) is 48.0 Å². The molecule has 0 aliphatic carbocycles. The second-order valence-corrected chi connectivity index (χ2v) is 7.87. The summed E-state index contributed by atoms with van der Waals surface area (Å²) in [5, 5.41) is 6.79. The van der Waals surface area contributed by atoms with E-state index in [0.717, 1.165) is 27.9 Å². The average Bonchev–Trinajstić information content (AvgIpc) is 3.28. The summed E-state index contributed by atoms with van der Waals surface area (Å²) in [4.78, 5) is 22.2. The number of carbonyl (C=O) groups excluding carboxylic acids is 1. The molecule has 1 atom stereocenters. The van der Waals surface area contributed by atoms with Crippen LogP contribution in [0, 0.1) is 0 Å². The number of amides is 1. The molecule has 5 rings (SSSR count). The molecule has 0 unspecified atom stereocenters. The molecule has 0 saturated carbocycles. The second-order valence-electron chi connectivity index (χ2n) is 7.43. The molecule has 4 aromatic rings. The van der Waals surface area contributed by atoms with Gasteiger partial charge in [-0.3, -0.25) is 14.8 Å². The number of methoxy groups -OCH3 is 1. The first-order valence-electron chi connectivity index (χ1n) is 10.1. The lowest BCUT2D eigenvalue weighted by Gasteiger charge is -2.22. The highest BCUT2D eigenvalue weighted by atomic mass is 35.5. The van der Waals surface area contributed by atoms with E-state index < -0.39 is 0 Å². The van der Waals surface area contributed by atoms with Gasteiger partial charge in [0.25, 0.3) is 5.91 Å². The summed E-state index contributed by atoms with van der Waals surface area (Å²) < 4.78 is 5.53. The van der Waals surface area contributed by atoms with Crippen LogP contribution in [-0.4, -0.2) is 33.7 Å². The number of rotatable bonds is 4. The largest absolute Gasteiger partial charge is 0.496 e. The Morgan fingerprint density at radius 1 is 1.00 bits per heavy atom. The van der Waals surface area contributed by atoms with E-state index in [2.05, 4.69) is 9.97 Å². The van der Waals surface area contributed by atoms with Crippen molar-refractivity contribution in [1.82, 2.24) is 15.0 Å². The van der Waals surface area contributed by atoms with Crippen molar-refractivity contribution in [2.45, 2.75) is 12.5 Å². The van der Waals surface area contributed by atoms with Gasteiger partial charge < -0.3 is 4.74 Å². The third kappa shape index (κ3) is 3.69. The van der Waals surface area contributed by atoms with E-state index >= 15 is 0 Å². The summed E-state index contributed by atoms with van der Waals surface area (Å²) in [6, 6.07) is 20.1. The lowest BCUT2D eigenvalue weighted by Crippen LogP contribution is -2.27. The van der Waals surface area contributed by atoms with Gasteiger partial charge in [0.15, 0.2) is 0 Å². The van der Waals surface area contributed by atoms with Crippen molar-refractivity contribution < 1.29 is 9.53 Å². The smallest absolute Gasteiger partial charge is 0.274 e. The fourth-order valence-electron chi connectivity index (χ4n) is 3.94. The molecule has 1 amide bonds. The molecule has 0 fully saturated rings. The fraction of sp³-hybridized carbons (Fsp3) is 0.120. The lowest BCUT2D eigenvalue weighted by molar-refractivity contribution is 0.0711. The van der Waals surface area contributed by atoms with E-state index in [1.165, 1.54) is 5.01 Å². The van der Waals surface area contributed by atoms with E-state index in [9.17, 15) is 4.79 Å². The molecular weight excluding hydrogens is 424 g/mol. The number of aromatic nitrogens is 2. The third-order valence-corrected chi connectivity index (χ3v) is 5.72. The molecule has 0 N–H and O–H groups in total. The van der Waals surface area contributed by atoms with Crippen LogP contribution in [0.1, 0.15) is 33.9 Å². The predicted molar refractivity (Wildman–Crippen MR) is 124 cm³/mol. The number of benzene rings is 3. The van der Waals surface area contributed by atoms with Gasteiger partial charge in [0.1, 0.15) is 5.75 Å². The summed E-state index contributed by atoms with van der Waals surface area (Å²) >= 11 is 6.14. The number of para-hydroxylation sites is 1. The number of hydrazone groups is 1. The molecule has 0 spiro atoms. The quantitative estimate of drug-likeness (QED) is 0.431. The van der Waals surface area contributed by atoms with Crippen LogP contribution in [-0.2, 0) is 0 Å². The third-order valence-electron chi connectivity index (χ3n) is 5.49. The minimum Gasteiger partial charge on any atom is -0.496 e. The predicted octanol–water partition coefficient (Wildman–Crippen LogP) is 5.28. The zero-order valence-corrected chi connectivity index (χ0v) is 18.0. The summed E-state index contributed by atoms with van der Waals surface area (Å²) in [5.74, 6) is 0.494. The Morgan fingerprint density at radius 3 is 2.62 bits per heavy atom. The van der Waals surface area contributed by atoms with Gasteiger partial charge >= 0.3 is 0 Å². The Balaban J connectivity index is 1.60. The van der Waals surface area contributed by atoms with Crippen molar-refractivity contribution in [1.29, 1.82) is 0 Å². The molecule has 2 heterocycles. The fourth-order valence-corrected chi connectivity index (χ4v) is 4.13. The number of nitrogens with zero attached hydrogens (tertiary/aromatic N) is 4. The molecule has 7 heteroatoms. The average molecular weight is 443 g/mol. The van der Waals surface area contributed by atoms with Crippen LogP contribution in [0.15, 0.2) is 84.2 Å². The van der Waals surface area contributed by atoms with Crippen molar-refractivity contribution in [3.8, 4) is 5.75 Å².